The summed E-state index contributed by atoms with van der Waals surface area (Å²) < 4.78 is 4.97. The lowest BCUT2D eigenvalue weighted by atomic mass is 10.0. The average Bonchev–Trinajstić information content (AvgIpc) is 3.27. The molecule has 1 saturated carbocycles. The van der Waals surface area contributed by atoms with Crippen molar-refractivity contribution < 1.29 is 9.53 Å². The molecule has 2 rings (SSSR count). The van der Waals surface area contributed by atoms with Crippen LogP contribution in [0.15, 0.2) is 48.6 Å². The fraction of sp³-hybridized carbons (Fsp3) is 0.552. The summed E-state index contributed by atoms with van der Waals surface area (Å²) in [6, 6.07) is 8.75. The number of benzene rings is 1. The fourth-order valence-corrected chi connectivity index (χ4v) is 3.59. The second-order valence-electron chi connectivity index (χ2n) is 8.29. The van der Waals surface area contributed by atoms with Gasteiger partial charge in [-0.05, 0) is 89.7 Å². The van der Waals surface area contributed by atoms with E-state index in [1.165, 1.54) is 56.1 Å². The van der Waals surface area contributed by atoms with Gasteiger partial charge in [0.25, 0.3) is 0 Å². The molecule has 1 aliphatic carbocycles. The largest absolute Gasteiger partial charge is 0.463 e. The molecule has 0 bridgehead atoms. The number of hydrogen-bond acceptors (Lipinski definition) is 2. The minimum absolute atomic E-state index is 0.0132. The second kappa shape index (κ2) is 19.7. The zero-order chi connectivity index (χ0) is 23.3. The summed E-state index contributed by atoms with van der Waals surface area (Å²) in [5.41, 5.74) is 2.95. The van der Waals surface area contributed by atoms with Gasteiger partial charge in [-0.25, -0.2) is 0 Å². The first-order valence-electron chi connectivity index (χ1n) is 11.9. The van der Waals surface area contributed by atoms with Gasteiger partial charge in [0.05, 0.1) is 6.10 Å². The molecule has 0 aromatic heterocycles. The summed E-state index contributed by atoms with van der Waals surface area (Å²) in [7, 11) is 0. The van der Waals surface area contributed by atoms with Crippen molar-refractivity contribution in [2.24, 2.45) is 5.92 Å². The molecule has 1 fully saturated rings. The van der Waals surface area contributed by atoms with E-state index in [0.717, 1.165) is 18.8 Å². The summed E-state index contributed by atoms with van der Waals surface area (Å²) in [5.74, 6) is 0.808. The number of unbranched alkanes of at least 4 members (excludes halogenated alkanes) is 2. The third kappa shape index (κ3) is 16.1. The predicted molar refractivity (Wildman–Crippen MR) is 135 cm³/mol. The summed E-state index contributed by atoms with van der Waals surface area (Å²) in [5, 5.41) is 0. The SMILES string of the molecule is C#C.C/C=C\CCCC(=O)OC(C)C.Cc1ccccc1CCC/C=C/C1CCCC1. The van der Waals surface area contributed by atoms with E-state index >= 15 is 0 Å². The molecule has 0 spiro atoms. The van der Waals surface area contributed by atoms with Crippen LogP contribution in [0.2, 0.25) is 0 Å². The maximum atomic E-state index is 11.0. The van der Waals surface area contributed by atoms with Crippen LogP contribution >= 0.6 is 0 Å². The highest BCUT2D eigenvalue weighted by molar-refractivity contribution is 5.69. The molecule has 1 aliphatic rings. The Bertz CT molecular complexity index is 646. The Labute approximate surface area is 192 Å². The first kappa shape index (κ1) is 28.7. The molecule has 0 radical (unpaired) electrons. The van der Waals surface area contributed by atoms with Crippen molar-refractivity contribution in [1.29, 1.82) is 0 Å². The van der Waals surface area contributed by atoms with Crippen LogP contribution in [0.25, 0.3) is 0 Å². The Morgan fingerprint density at radius 2 is 1.74 bits per heavy atom. The van der Waals surface area contributed by atoms with Gasteiger partial charge in [-0.2, -0.15) is 0 Å². The molecule has 0 amide bonds. The van der Waals surface area contributed by atoms with Crippen molar-refractivity contribution in [3.05, 3.63) is 59.7 Å². The van der Waals surface area contributed by atoms with Gasteiger partial charge in [-0.1, -0.05) is 61.4 Å². The van der Waals surface area contributed by atoms with Crippen LogP contribution in [0, 0.1) is 25.7 Å². The van der Waals surface area contributed by atoms with Gasteiger partial charge in [-0.3, -0.25) is 4.79 Å². The van der Waals surface area contributed by atoms with E-state index in [2.05, 4.69) is 62.3 Å². The van der Waals surface area contributed by atoms with E-state index < -0.39 is 0 Å². The van der Waals surface area contributed by atoms with Crippen LogP contribution in [0.4, 0.5) is 0 Å². The normalized spacial score (nSPS) is 13.6. The number of terminal acetylenes is 1. The van der Waals surface area contributed by atoms with E-state index in [1.54, 1.807) is 0 Å². The monoisotopic (exact) mass is 424 g/mol. The van der Waals surface area contributed by atoms with Crippen molar-refractivity contribution in [3.8, 4) is 12.8 Å². The van der Waals surface area contributed by atoms with Gasteiger partial charge in [0, 0.05) is 6.42 Å². The number of carbonyl (C=O) groups excluding carboxylic acids is 1. The minimum atomic E-state index is -0.0884. The highest BCUT2D eigenvalue weighted by Crippen LogP contribution is 2.25. The van der Waals surface area contributed by atoms with Gasteiger partial charge >= 0.3 is 5.97 Å². The highest BCUT2D eigenvalue weighted by atomic mass is 16.5. The lowest BCUT2D eigenvalue weighted by Gasteiger charge is -2.06. The molecule has 1 aromatic rings. The molecular weight excluding hydrogens is 380 g/mol. The molecule has 0 atom stereocenters. The zero-order valence-electron chi connectivity index (χ0n) is 20.3. The number of carbonyl (C=O) groups is 1. The summed E-state index contributed by atoms with van der Waals surface area (Å²) in [6.45, 7) is 7.92. The smallest absolute Gasteiger partial charge is 0.306 e. The second-order valence-corrected chi connectivity index (χ2v) is 8.29. The number of ether oxygens (including phenoxy) is 1. The molecule has 172 valence electrons. The van der Waals surface area contributed by atoms with Crippen LogP contribution in [-0.2, 0) is 16.0 Å². The molecule has 2 heteroatoms. The topological polar surface area (TPSA) is 26.3 Å². The lowest BCUT2D eigenvalue weighted by molar-refractivity contribution is -0.147. The maximum absolute atomic E-state index is 11.0. The first-order chi connectivity index (χ1) is 15.0. The van der Waals surface area contributed by atoms with Crippen molar-refractivity contribution >= 4 is 5.97 Å². The zero-order valence-corrected chi connectivity index (χ0v) is 20.3. The third-order valence-electron chi connectivity index (χ3n) is 5.24. The molecule has 31 heavy (non-hydrogen) atoms. The van der Waals surface area contributed by atoms with Crippen molar-refractivity contribution in [2.75, 3.05) is 0 Å². The van der Waals surface area contributed by atoms with Crippen molar-refractivity contribution in [3.63, 3.8) is 0 Å². The number of aryl methyl sites for hydroxylation is 2. The summed E-state index contributed by atoms with van der Waals surface area (Å²) in [6.07, 6.45) is 28.8. The van der Waals surface area contributed by atoms with Crippen LogP contribution in [0.3, 0.4) is 0 Å². The van der Waals surface area contributed by atoms with Gasteiger partial charge < -0.3 is 4.74 Å². The average molecular weight is 425 g/mol. The molecule has 0 N–H and O–H groups in total. The molecule has 0 saturated heterocycles. The van der Waals surface area contributed by atoms with Crippen LogP contribution in [-0.4, -0.2) is 12.1 Å². The quantitative estimate of drug-likeness (QED) is 0.165. The van der Waals surface area contributed by atoms with E-state index in [-0.39, 0.29) is 12.1 Å². The van der Waals surface area contributed by atoms with Gasteiger partial charge in [-0.15, -0.1) is 12.8 Å². The van der Waals surface area contributed by atoms with Crippen molar-refractivity contribution in [1.82, 2.24) is 0 Å². The number of allylic oxidation sites excluding steroid dienone is 4. The number of hydrogen-bond donors (Lipinski definition) is 0. The molecule has 0 heterocycles. The Morgan fingerprint density at radius 3 is 2.35 bits per heavy atom. The van der Waals surface area contributed by atoms with Gasteiger partial charge in [0.2, 0.25) is 0 Å². The molecule has 0 unspecified atom stereocenters. The number of rotatable bonds is 10. The third-order valence-corrected chi connectivity index (χ3v) is 5.24. The van der Waals surface area contributed by atoms with Gasteiger partial charge in [0.15, 0.2) is 0 Å². The van der Waals surface area contributed by atoms with Crippen LogP contribution < -0.4 is 0 Å². The molecule has 0 aliphatic heterocycles. The Kier molecular flexibility index (Phi) is 18.2. The lowest BCUT2D eigenvalue weighted by Crippen LogP contribution is -2.10. The van der Waals surface area contributed by atoms with Crippen LogP contribution in [0.1, 0.15) is 89.7 Å². The van der Waals surface area contributed by atoms with Crippen LogP contribution in [0.5, 0.6) is 0 Å². The Hall–Kier alpha value is -2.27. The summed E-state index contributed by atoms with van der Waals surface area (Å²) in [4.78, 5) is 11.0. The minimum Gasteiger partial charge on any atom is -0.463 e. The molecular formula is C29H44O2. The van der Waals surface area contributed by atoms with Gasteiger partial charge in [0.1, 0.15) is 0 Å². The molecule has 2 nitrogen and oxygen atoms in total. The Balaban J connectivity index is 0.000000570. The standard InChI is InChI=1S/C17H24.C10H18O2.C2H2/c1-15-9-5-8-14-17(15)13-4-2-3-10-16-11-6-7-12-16;1-4-5-6-7-8-10(11)12-9(2)3;1-2/h3,5,8-10,14,16H,2,4,6-7,11-13H2,1H3;4-5,9H,6-8H2,1-3H3;1-2H/b10-3+;5-4-;. The number of esters is 1. The van der Waals surface area contributed by atoms with E-state index in [9.17, 15) is 4.79 Å². The van der Waals surface area contributed by atoms with E-state index in [4.69, 9.17) is 4.74 Å². The maximum Gasteiger partial charge on any atom is 0.306 e. The van der Waals surface area contributed by atoms with E-state index in [1.807, 2.05) is 26.8 Å². The Morgan fingerprint density at radius 1 is 1.10 bits per heavy atom. The molecule has 1 aromatic carbocycles. The highest BCUT2D eigenvalue weighted by Gasteiger charge is 2.10. The van der Waals surface area contributed by atoms with E-state index in [0.29, 0.717) is 6.42 Å². The first-order valence-corrected chi connectivity index (χ1v) is 11.9. The predicted octanol–water partition coefficient (Wildman–Crippen LogP) is 8.00. The summed E-state index contributed by atoms with van der Waals surface area (Å²) >= 11 is 0. The fourth-order valence-electron chi connectivity index (χ4n) is 3.59. The van der Waals surface area contributed by atoms with Crippen molar-refractivity contribution in [2.45, 2.75) is 98.0 Å².